The zero-order valence-electron chi connectivity index (χ0n) is 16.5. The molecule has 0 radical (unpaired) electrons. The summed E-state index contributed by atoms with van der Waals surface area (Å²) in [4.78, 5) is 12.4. The number of hydrogen-bond donors (Lipinski definition) is 0. The van der Waals surface area contributed by atoms with Crippen LogP contribution in [0.5, 0.6) is 5.75 Å². The van der Waals surface area contributed by atoms with Gasteiger partial charge in [0.2, 0.25) is 0 Å². The summed E-state index contributed by atoms with van der Waals surface area (Å²) in [6.45, 7) is 4.51. The first-order chi connectivity index (χ1) is 13.2. The third-order valence-corrected chi connectivity index (χ3v) is 5.37. The molecule has 0 bridgehead atoms. The van der Waals surface area contributed by atoms with E-state index >= 15 is 0 Å². The highest BCUT2D eigenvalue weighted by Crippen LogP contribution is 2.30. The maximum absolute atomic E-state index is 12.4. The second-order valence-electron chi connectivity index (χ2n) is 7.68. The van der Waals surface area contributed by atoms with Crippen molar-refractivity contribution in [3.05, 3.63) is 71.3 Å². The van der Waals surface area contributed by atoms with E-state index < -0.39 is 0 Å². The summed E-state index contributed by atoms with van der Waals surface area (Å²) in [7, 11) is 0. The van der Waals surface area contributed by atoms with Gasteiger partial charge in [0.25, 0.3) is 0 Å². The van der Waals surface area contributed by atoms with Gasteiger partial charge < -0.3 is 4.74 Å². The van der Waals surface area contributed by atoms with E-state index in [0.717, 1.165) is 25.2 Å². The van der Waals surface area contributed by atoms with Crippen molar-refractivity contribution in [1.82, 2.24) is 0 Å². The first kappa shape index (κ1) is 19.4. The van der Waals surface area contributed by atoms with E-state index in [1.54, 1.807) is 0 Å². The summed E-state index contributed by atoms with van der Waals surface area (Å²) in [5.41, 5.74) is 4.50. The normalized spacial score (nSPS) is 16.7. The number of allylic oxidation sites excluding steroid dienone is 2. The number of carbonyl (C=O) groups excluding carboxylic acids is 1. The first-order valence-electron chi connectivity index (χ1n) is 10.3. The fourth-order valence-electron chi connectivity index (χ4n) is 3.52. The highest BCUT2D eigenvalue weighted by molar-refractivity contribution is 5.91. The van der Waals surface area contributed by atoms with Crippen LogP contribution in [0, 0.1) is 5.92 Å². The summed E-state index contributed by atoms with van der Waals surface area (Å²) in [6, 6.07) is 15.7. The van der Waals surface area contributed by atoms with E-state index in [0.29, 0.717) is 11.3 Å². The van der Waals surface area contributed by atoms with Crippen LogP contribution in [0.3, 0.4) is 0 Å². The Labute approximate surface area is 163 Å². The van der Waals surface area contributed by atoms with E-state index in [4.69, 9.17) is 4.74 Å². The lowest BCUT2D eigenvalue weighted by atomic mass is 9.87. The molecule has 1 aliphatic rings. The van der Waals surface area contributed by atoms with Gasteiger partial charge >= 0.3 is 5.97 Å². The Morgan fingerprint density at radius 1 is 1.04 bits per heavy atom. The number of rotatable bonds is 7. The molecule has 2 aromatic rings. The lowest BCUT2D eigenvalue weighted by molar-refractivity contribution is 0.0734. The number of esters is 1. The van der Waals surface area contributed by atoms with Crippen molar-refractivity contribution < 1.29 is 9.53 Å². The second kappa shape index (κ2) is 9.55. The molecule has 2 nitrogen and oxygen atoms in total. The summed E-state index contributed by atoms with van der Waals surface area (Å²) in [6.07, 6.45) is 10.6. The van der Waals surface area contributed by atoms with Crippen LogP contribution in [0.4, 0.5) is 0 Å². The van der Waals surface area contributed by atoms with Crippen LogP contribution in [0.2, 0.25) is 0 Å². The Balaban J connectivity index is 1.58. The van der Waals surface area contributed by atoms with Crippen molar-refractivity contribution in [3.63, 3.8) is 0 Å². The average molecular weight is 363 g/mol. The van der Waals surface area contributed by atoms with E-state index in [9.17, 15) is 4.79 Å². The van der Waals surface area contributed by atoms with Gasteiger partial charge in [-0.2, -0.15) is 0 Å². The Morgan fingerprint density at radius 2 is 1.78 bits per heavy atom. The van der Waals surface area contributed by atoms with Crippen LogP contribution >= 0.6 is 0 Å². The van der Waals surface area contributed by atoms with Gasteiger partial charge in [-0.15, -0.1) is 0 Å². The fourth-order valence-corrected chi connectivity index (χ4v) is 3.52. The highest BCUT2D eigenvalue weighted by Gasteiger charge is 2.13. The summed E-state index contributed by atoms with van der Waals surface area (Å²) >= 11 is 0. The van der Waals surface area contributed by atoms with Crippen LogP contribution in [-0.2, 0) is 6.42 Å². The lowest BCUT2D eigenvalue weighted by Crippen LogP contribution is -2.08. The zero-order valence-corrected chi connectivity index (χ0v) is 16.5. The second-order valence-corrected chi connectivity index (χ2v) is 7.68. The summed E-state index contributed by atoms with van der Waals surface area (Å²) in [5, 5.41) is 0. The molecule has 3 rings (SSSR count). The number of hydrogen-bond acceptors (Lipinski definition) is 2. The van der Waals surface area contributed by atoms with Gasteiger partial charge in [0, 0.05) is 0 Å². The number of aryl methyl sites for hydroxylation is 1. The monoisotopic (exact) mass is 362 g/mol. The Kier molecular flexibility index (Phi) is 6.86. The molecule has 2 aromatic carbocycles. The first-order valence-corrected chi connectivity index (χ1v) is 10.3. The molecule has 0 amide bonds. The van der Waals surface area contributed by atoms with Gasteiger partial charge in [-0.05, 0) is 79.0 Å². The van der Waals surface area contributed by atoms with Gasteiger partial charge in [-0.3, -0.25) is 0 Å². The predicted octanol–water partition coefficient (Wildman–Crippen LogP) is 6.84. The largest absolute Gasteiger partial charge is 0.423 e. The predicted molar refractivity (Wildman–Crippen MR) is 112 cm³/mol. The van der Waals surface area contributed by atoms with Gasteiger partial charge in [-0.1, -0.05) is 57.0 Å². The van der Waals surface area contributed by atoms with Crippen molar-refractivity contribution in [2.45, 2.75) is 58.8 Å². The highest BCUT2D eigenvalue weighted by atomic mass is 16.5. The minimum atomic E-state index is -0.300. The van der Waals surface area contributed by atoms with Gasteiger partial charge in [0.1, 0.15) is 5.75 Å². The Hall–Kier alpha value is -2.35. The molecular formula is C25H30O2. The van der Waals surface area contributed by atoms with Crippen molar-refractivity contribution >= 4 is 11.5 Å². The van der Waals surface area contributed by atoms with Gasteiger partial charge in [0.15, 0.2) is 0 Å². The Morgan fingerprint density at radius 3 is 2.41 bits per heavy atom. The standard InChI is InChI=1S/C25H30O2/c1-3-4-5-6-20-9-17-24(18-10-20)27-25(26)23-15-13-22(14-16-23)21-11-7-19(2)8-12-21/h9-11,13-19H,3-8,12H2,1-2H3. The van der Waals surface area contributed by atoms with Crippen molar-refractivity contribution in [2.24, 2.45) is 5.92 Å². The SMILES string of the molecule is CCCCCc1ccc(OC(=O)c2ccc(C3=CCC(C)CC3)cc2)cc1. The zero-order chi connectivity index (χ0) is 19.1. The minimum Gasteiger partial charge on any atom is -0.423 e. The number of ether oxygens (including phenoxy) is 1. The van der Waals surface area contributed by atoms with Crippen LogP contribution in [-0.4, -0.2) is 5.97 Å². The van der Waals surface area contributed by atoms with E-state index in [2.05, 4.69) is 32.1 Å². The molecule has 2 heteroatoms. The molecule has 0 saturated heterocycles. The van der Waals surface area contributed by atoms with E-state index in [-0.39, 0.29) is 5.97 Å². The average Bonchev–Trinajstić information content (AvgIpc) is 2.70. The van der Waals surface area contributed by atoms with Crippen LogP contribution in [0.1, 0.15) is 73.9 Å². The quantitative estimate of drug-likeness (QED) is 0.306. The molecule has 0 aliphatic heterocycles. The molecule has 0 saturated carbocycles. The van der Waals surface area contributed by atoms with Crippen molar-refractivity contribution in [3.8, 4) is 5.75 Å². The fraction of sp³-hybridized carbons (Fsp3) is 0.400. The third kappa shape index (κ3) is 5.56. The minimum absolute atomic E-state index is 0.300. The molecular weight excluding hydrogens is 332 g/mol. The molecule has 0 N–H and O–H groups in total. The van der Waals surface area contributed by atoms with Crippen LogP contribution in [0.15, 0.2) is 54.6 Å². The lowest BCUT2D eigenvalue weighted by Gasteiger charge is -2.18. The van der Waals surface area contributed by atoms with Gasteiger partial charge in [-0.25, -0.2) is 4.79 Å². The van der Waals surface area contributed by atoms with Gasteiger partial charge in [0.05, 0.1) is 5.56 Å². The smallest absolute Gasteiger partial charge is 0.343 e. The molecule has 1 atom stereocenters. The maximum Gasteiger partial charge on any atom is 0.343 e. The number of carbonyl (C=O) groups is 1. The summed E-state index contributed by atoms with van der Waals surface area (Å²) in [5.74, 6) is 1.08. The molecule has 0 spiro atoms. The molecule has 0 heterocycles. The van der Waals surface area contributed by atoms with Crippen molar-refractivity contribution in [1.29, 1.82) is 0 Å². The topological polar surface area (TPSA) is 26.3 Å². The molecule has 0 fully saturated rings. The molecule has 27 heavy (non-hydrogen) atoms. The molecule has 0 aromatic heterocycles. The van der Waals surface area contributed by atoms with Crippen LogP contribution in [0.25, 0.3) is 5.57 Å². The Bertz CT molecular complexity index is 769. The van der Waals surface area contributed by atoms with E-state index in [1.807, 2.05) is 36.4 Å². The van der Waals surface area contributed by atoms with Crippen molar-refractivity contribution in [2.75, 3.05) is 0 Å². The maximum atomic E-state index is 12.4. The third-order valence-electron chi connectivity index (χ3n) is 5.37. The summed E-state index contributed by atoms with van der Waals surface area (Å²) < 4.78 is 5.53. The number of unbranched alkanes of at least 4 members (excludes halogenated alkanes) is 2. The molecule has 1 unspecified atom stereocenters. The van der Waals surface area contributed by atoms with Crippen LogP contribution < -0.4 is 4.74 Å². The molecule has 142 valence electrons. The molecule has 1 aliphatic carbocycles. The number of benzene rings is 2. The van der Waals surface area contributed by atoms with E-state index in [1.165, 1.54) is 42.4 Å².